The van der Waals surface area contributed by atoms with Gasteiger partial charge in [-0.25, -0.2) is 9.78 Å². The maximum Gasteiger partial charge on any atom is 0.337 e. The van der Waals surface area contributed by atoms with Crippen LogP contribution in [0.5, 0.6) is 0 Å². The second kappa shape index (κ2) is 7.05. The second-order valence-electron chi connectivity index (χ2n) is 5.64. The maximum atomic E-state index is 12.2. The van der Waals surface area contributed by atoms with E-state index in [9.17, 15) is 9.59 Å². The molecular formula is C18H20N2O3. The molecule has 0 spiro atoms. The van der Waals surface area contributed by atoms with Gasteiger partial charge in [0, 0.05) is 6.04 Å². The number of aromatic nitrogens is 1. The van der Waals surface area contributed by atoms with Crippen LogP contribution in [0.25, 0.3) is 0 Å². The third-order valence-corrected chi connectivity index (χ3v) is 3.71. The summed E-state index contributed by atoms with van der Waals surface area (Å²) in [4.78, 5) is 27.3. The molecule has 5 heteroatoms. The van der Waals surface area contributed by atoms with E-state index < -0.39 is 5.97 Å². The number of aryl methyl sites for hydroxylation is 2. The van der Waals surface area contributed by atoms with E-state index in [4.69, 9.17) is 5.11 Å². The van der Waals surface area contributed by atoms with Crippen LogP contribution in [0.2, 0.25) is 0 Å². The summed E-state index contributed by atoms with van der Waals surface area (Å²) in [6.07, 6.45) is 0.727. The number of carbonyl (C=O) groups excluding carboxylic acids is 1. The Labute approximate surface area is 135 Å². The minimum atomic E-state index is -1.05. The Kier molecular flexibility index (Phi) is 5.11. The Morgan fingerprint density at radius 2 is 1.87 bits per heavy atom. The van der Waals surface area contributed by atoms with Crippen LogP contribution in [0.15, 0.2) is 36.4 Å². The topological polar surface area (TPSA) is 79.3 Å². The number of benzene rings is 1. The normalized spacial score (nSPS) is 11.8. The summed E-state index contributed by atoms with van der Waals surface area (Å²) < 4.78 is 0. The van der Waals surface area contributed by atoms with Gasteiger partial charge in [-0.2, -0.15) is 0 Å². The van der Waals surface area contributed by atoms with E-state index in [1.165, 1.54) is 23.3 Å². The number of aromatic carboxylic acids is 1. The highest BCUT2D eigenvalue weighted by Gasteiger charge is 2.15. The predicted octanol–water partition coefficient (Wildman–Crippen LogP) is 2.76. The fourth-order valence-corrected chi connectivity index (χ4v) is 2.43. The van der Waals surface area contributed by atoms with E-state index >= 15 is 0 Å². The number of carbonyl (C=O) groups is 2. The summed E-state index contributed by atoms with van der Waals surface area (Å²) in [5, 5.41) is 11.9. The molecule has 120 valence electrons. The Morgan fingerprint density at radius 1 is 1.17 bits per heavy atom. The minimum Gasteiger partial charge on any atom is -0.478 e. The zero-order valence-corrected chi connectivity index (χ0v) is 13.5. The number of amides is 1. The van der Waals surface area contributed by atoms with Gasteiger partial charge in [-0.1, -0.05) is 24.3 Å². The molecule has 0 saturated heterocycles. The van der Waals surface area contributed by atoms with Crippen LogP contribution in [0.4, 0.5) is 0 Å². The molecule has 0 radical (unpaired) electrons. The van der Waals surface area contributed by atoms with Gasteiger partial charge in [0.05, 0.1) is 11.3 Å². The summed E-state index contributed by atoms with van der Waals surface area (Å²) in [6.45, 7) is 5.55. The van der Waals surface area contributed by atoms with Crippen LogP contribution in [-0.4, -0.2) is 28.0 Å². The number of rotatable bonds is 5. The number of carboxylic acids is 1. The molecule has 23 heavy (non-hydrogen) atoms. The lowest BCUT2D eigenvalue weighted by molar-refractivity contribution is 0.0694. The van der Waals surface area contributed by atoms with Crippen molar-refractivity contribution in [2.75, 3.05) is 0 Å². The molecule has 1 atom stereocenters. The summed E-state index contributed by atoms with van der Waals surface area (Å²) in [6, 6.07) is 10.8. The summed E-state index contributed by atoms with van der Waals surface area (Å²) in [7, 11) is 0. The highest BCUT2D eigenvalue weighted by molar-refractivity contribution is 5.94. The van der Waals surface area contributed by atoms with Gasteiger partial charge in [0.15, 0.2) is 0 Å². The zero-order valence-electron chi connectivity index (χ0n) is 13.5. The molecule has 0 aliphatic carbocycles. The van der Waals surface area contributed by atoms with E-state index in [1.54, 1.807) is 6.92 Å². The molecule has 2 rings (SSSR count). The molecule has 2 aromatic rings. The van der Waals surface area contributed by atoms with E-state index in [-0.39, 0.29) is 23.2 Å². The largest absolute Gasteiger partial charge is 0.478 e. The number of hydrogen-bond donors (Lipinski definition) is 2. The van der Waals surface area contributed by atoms with Crippen molar-refractivity contribution in [2.45, 2.75) is 33.2 Å². The van der Waals surface area contributed by atoms with Crippen molar-refractivity contribution in [1.82, 2.24) is 10.3 Å². The Bertz CT molecular complexity index is 741. The average Bonchev–Trinajstić information content (AvgIpc) is 2.49. The van der Waals surface area contributed by atoms with Crippen LogP contribution in [0.1, 0.15) is 44.6 Å². The summed E-state index contributed by atoms with van der Waals surface area (Å²) in [5.74, 6) is -1.35. The van der Waals surface area contributed by atoms with Crippen LogP contribution in [0, 0.1) is 13.8 Å². The third-order valence-electron chi connectivity index (χ3n) is 3.71. The molecule has 0 aliphatic rings. The first-order chi connectivity index (χ1) is 10.9. The first-order valence-electron chi connectivity index (χ1n) is 7.44. The smallest absolute Gasteiger partial charge is 0.337 e. The van der Waals surface area contributed by atoms with Crippen molar-refractivity contribution in [3.63, 3.8) is 0 Å². The lowest BCUT2D eigenvalue weighted by Crippen LogP contribution is -2.34. The molecular weight excluding hydrogens is 292 g/mol. The number of nitrogens with zero attached hydrogens (tertiary/aromatic N) is 1. The molecule has 1 aromatic heterocycles. The van der Waals surface area contributed by atoms with Gasteiger partial charge in [0.2, 0.25) is 0 Å². The van der Waals surface area contributed by atoms with E-state index in [1.807, 2.05) is 38.1 Å². The number of carboxylic acid groups (broad SMARTS) is 1. The molecule has 5 nitrogen and oxygen atoms in total. The van der Waals surface area contributed by atoms with Crippen LogP contribution < -0.4 is 5.32 Å². The summed E-state index contributed by atoms with van der Waals surface area (Å²) >= 11 is 0. The number of nitrogens with one attached hydrogen (secondary N) is 1. The highest BCUT2D eigenvalue weighted by Crippen LogP contribution is 2.11. The van der Waals surface area contributed by atoms with Gasteiger partial charge in [-0.05, 0) is 50.5 Å². The van der Waals surface area contributed by atoms with E-state index in [2.05, 4.69) is 10.3 Å². The van der Waals surface area contributed by atoms with Crippen molar-refractivity contribution < 1.29 is 14.7 Å². The van der Waals surface area contributed by atoms with Gasteiger partial charge >= 0.3 is 5.97 Å². The molecule has 0 fully saturated rings. The fourth-order valence-electron chi connectivity index (χ4n) is 2.43. The second-order valence-corrected chi connectivity index (χ2v) is 5.64. The first kappa shape index (κ1) is 16.7. The minimum absolute atomic E-state index is 0.0511. The molecule has 1 unspecified atom stereocenters. The van der Waals surface area contributed by atoms with Crippen molar-refractivity contribution in [3.05, 3.63) is 64.5 Å². The van der Waals surface area contributed by atoms with Crippen molar-refractivity contribution in [3.8, 4) is 0 Å². The predicted molar refractivity (Wildman–Crippen MR) is 87.7 cm³/mol. The van der Waals surface area contributed by atoms with E-state index in [0.717, 1.165) is 6.42 Å². The van der Waals surface area contributed by atoms with Gasteiger partial charge in [-0.15, -0.1) is 0 Å². The van der Waals surface area contributed by atoms with Crippen LogP contribution in [-0.2, 0) is 6.42 Å². The fraction of sp³-hybridized carbons (Fsp3) is 0.278. The molecule has 1 aromatic carbocycles. The quantitative estimate of drug-likeness (QED) is 0.889. The molecule has 0 aliphatic heterocycles. The molecule has 1 heterocycles. The van der Waals surface area contributed by atoms with Gasteiger partial charge in [0.1, 0.15) is 5.69 Å². The SMILES string of the molecule is Cc1ccccc1CC(C)NC(=O)c1ccc(C(=O)O)c(C)n1. The Morgan fingerprint density at radius 3 is 2.48 bits per heavy atom. The van der Waals surface area contributed by atoms with Crippen molar-refractivity contribution in [1.29, 1.82) is 0 Å². The van der Waals surface area contributed by atoms with Gasteiger partial charge in [0.25, 0.3) is 5.91 Å². The number of hydrogen-bond acceptors (Lipinski definition) is 3. The first-order valence-corrected chi connectivity index (χ1v) is 7.44. The standard InChI is InChI=1S/C18H20N2O3/c1-11-6-4-5-7-14(11)10-12(2)19-17(21)16-9-8-15(18(22)23)13(3)20-16/h4-9,12H,10H2,1-3H3,(H,19,21)(H,22,23). The maximum absolute atomic E-state index is 12.2. The van der Waals surface area contributed by atoms with Crippen molar-refractivity contribution >= 4 is 11.9 Å². The molecule has 0 saturated carbocycles. The molecule has 1 amide bonds. The van der Waals surface area contributed by atoms with Gasteiger partial charge in [-0.3, -0.25) is 4.79 Å². The summed E-state index contributed by atoms with van der Waals surface area (Å²) in [5.41, 5.74) is 3.04. The van der Waals surface area contributed by atoms with Crippen molar-refractivity contribution in [2.24, 2.45) is 0 Å². The van der Waals surface area contributed by atoms with Gasteiger partial charge < -0.3 is 10.4 Å². The highest BCUT2D eigenvalue weighted by atomic mass is 16.4. The van der Waals surface area contributed by atoms with Crippen LogP contribution >= 0.6 is 0 Å². The van der Waals surface area contributed by atoms with Crippen LogP contribution in [0.3, 0.4) is 0 Å². The zero-order chi connectivity index (χ0) is 17.0. The van der Waals surface area contributed by atoms with E-state index in [0.29, 0.717) is 5.69 Å². The monoisotopic (exact) mass is 312 g/mol. The Hall–Kier alpha value is -2.69. The average molecular weight is 312 g/mol. The Balaban J connectivity index is 2.05. The number of pyridine rings is 1. The molecule has 2 N–H and O–H groups in total. The third kappa shape index (κ3) is 4.16. The molecule has 0 bridgehead atoms. The lowest BCUT2D eigenvalue weighted by Gasteiger charge is -2.15. The lowest BCUT2D eigenvalue weighted by atomic mass is 10.0.